The van der Waals surface area contributed by atoms with Crippen molar-refractivity contribution < 1.29 is 18.7 Å². The normalized spacial score (nSPS) is 10.8. The second kappa shape index (κ2) is 8.08. The second-order valence-corrected chi connectivity index (χ2v) is 4.89. The lowest BCUT2D eigenvalue weighted by atomic mass is 10.1. The lowest BCUT2D eigenvalue weighted by Crippen LogP contribution is -2.19. The Morgan fingerprint density at radius 2 is 2.20 bits per heavy atom. The zero-order chi connectivity index (χ0) is 18.4. The van der Waals surface area contributed by atoms with Crippen LogP contribution in [0.1, 0.15) is 5.56 Å². The standard InChI is InChI=1S/C16H12ClFN4O3/c1-20-14(23)10(7-19)5-9-3-4-12(13(6-9)24-2)25-15-11(18)8-21-16(17)22-15/h3-6,8H,1-2H3,(H,20,23)/b10-5-. The van der Waals surface area contributed by atoms with Crippen molar-refractivity contribution in [2.75, 3.05) is 14.2 Å². The van der Waals surface area contributed by atoms with E-state index in [0.717, 1.165) is 6.20 Å². The van der Waals surface area contributed by atoms with Gasteiger partial charge in [0.05, 0.1) is 13.3 Å². The van der Waals surface area contributed by atoms with E-state index >= 15 is 0 Å². The molecule has 0 unspecified atom stereocenters. The van der Waals surface area contributed by atoms with Gasteiger partial charge in [-0.25, -0.2) is 4.98 Å². The Morgan fingerprint density at radius 3 is 2.84 bits per heavy atom. The molecular formula is C16H12ClFN4O3. The average molecular weight is 363 g/mol. The number of nitriles is 1. The van der Waals surface area contributed by atoms with Crippen molar-refractivity contribution in [2.45, 2.75) is 0 Å². The van der Waals surface area contributed by atoms with Crippen LogP contribution in [-0.4, -0.2) is 30.0 Å². The van der Waals surface area contributed by atoms with Crippen molar-refractivity contribution >= 4 is 23.6 Å². The first-order valence-electron chi connectivity index (χ1n) is 6.86. The Labute approximate surface area is 147 Å². The van der Waals surface area contributed by atoms with Gasteiger partial charge in [0.25, 0.3) is 11.8 Å². The summed E-state index contributed by atoms with van der Waals surface area (Å²) < 4.78 is 24.2. The molecule has 2 aromatic rings. The fraction of sp³-hybridized carbons (Fsp3) is 0.125. The van der Waals surface area contributed by atoms with Crippen LogP contribution in [0.25, 0.3) is 6.08 Å². The number of rotatable bonds is 5. The number of ether oxygens (including phenoxy) is 2. The first kappa shape index (κ1) is 18.2. The van der Waals surface area contributed by atoms with Gasteiger partial charge in [0, 0.05) is 7.05 Å². The lowest BCUT2D eigenvalue weighted by Gasteiger charge is -2.11. The van der Waals surface area contributed by atoms with Gasteiger partial charge in [0.15, 0.2) is 11.5 Å². The highest BCUT2D eigenvalue weighted by Gasteiger charge is 2.13. The van der Waals surface area contributed by atoms with E-state index in [1.54, 1.807) is 12.1 Å². The molecule has 2 rings (SSSR count). The smallest absolute Gasteiger partial charge is 0.261 e. The minimum Gasteiger partial charge on any atom is -0.493 e. The van der Waals surface area contributed by atoms with Gasteiger partial charge in [0.2, 0.25) is 11.1 Å². The zero-order valence-corrected chi connectivity index (χ0v) is 14.0. The molecule has 9 heteroatoms. The number of likely N-dealkylation sites (N-methyl/N-ethyl adjacent to an activating group) is 1. The molecule has 25 heavy (non-hydrogen) atoms. The molecule has 7 nitrogen and oxygen atoms in total. The van der Waals surface area contributed by atoms with Crippen molar-refractivity contribution in [1.29, 1.82) is 5.26 Å². The van der Waals surface area contributed by atoms with Crippen molar-refractivity contribution in [1.82, 2.24) is 15.3 Å². The Kier molecular flexibility index (Phi) is 5.87. The largest absolute Gasteiger partial charge is 0.493 e. The fourth-order valence-corrected chi connectivity index (χ4v) is 1.94. The van der Waals surface area contributed by atoms with E-state index in [2.05, 4.69) is 15.3 Å². The predicted octanol–water partition coefficient (Wildman–Crippen LogP) is 2.72. The van der Waals surface area contributed by atoms with Crippen LogP contribution in [0.15, 0.2) is 30.0 Å². The zero-order valence-electron chi connectivity index (χ0n) is 13.2. The van der Waals surface area contributed by atoms with Crippen molar-refractivity contribution in [3.05, 3.63) is 46.6 Å². The molecule has 0 radical (unpaired) electrons. The number of aromatic nitrogens is 2. The van der Waals surface area contributed by atoms with Gasteiger partial charge >= 0.3 is 0 Å². The van der Waals surface area contributed by atoms with Gasteiger partial charge in [-0.2, -0.15) is 14.6 Å². The summed E-state index contributed by atoms with van der Waals surface area (Å²) in [5.41, 5.74) is 0.442. The van der Waals surface area contributed by atoms with Crippen molar-refractivity contribution in [3.63, 3.8) is 0 Å². The van der Waals surface area contributed by atoms with Crippen LogP contribution in [-0.2, 0) is 4.79 Å². The molecule has 0 aliphatic carbocycles. The molecule has 1 aromatic carbocycles. The molecular weight excluding hydrogens is 351 g/mol. The number of carbonyl (C=O) groups excluding carboxylic acids is 1. The maximum absolute atomic E-state index is 13.7. The summed E-state index contributed by atoms with van der Waals surface area (Å²) in [6, 6.07) is 6.38. The van der Waals surface area contributed by atoms with Crippen LogP contribution >= 0.6 is 11.6 Å². The molecule has 0 atom stereocenters. The second-order valence-electron chi connectivity index (χ2n) is 4.55. The Balaban J connectivity index is 2.37. The number of halogens is 2. The van der Waals surface area contributed by atoms with Crippen LogP contribution in [0.3, 0.4) is 0 Å². The van der Waals surface area contributed by atoms with Gasteiger partial charge in [-0.05, 0) is 35.4 Å². The quantitative estimate of drug-likeness (QED) is 0.499. The van der Waals surface area contributed by atoms with E-state index in [9.17, 15) is 9.18 Å². The van der Waals surface area contributed by atoms with Crippen molar-refractivity contribution in [2.24, 2.45) is 0 Å². The molecule has 0 aliphatic rings. The van der Waals surface area contributed by atoms with Crippen LogP contribution in [0.5, 0.6) is 17.4 Å². The minimum atomic E-state index is -0.790. The molecule has 1 amide bonds. The van der Waals surface area contributed by atoms with Gasteiger partial charge in [-0.1, -0.05) is 6.07 Å². The molecule has 1 heterocycles. The molecule has 0 aliphatic heterocycles. The maximum Gasteiger partial charge on any atom is 0.261 e. The minimum absolute atomic E-state index is 0.0770. The number of hydrogen-bond donors (Lipinski definition) is 1. The molecule has 0 spiro atoms. The third-order valence-corrected chi connectivity index (χ3v) is 3.16. The van der Waals surface area contributed by atoms with E-state index in [0.29, 0.717) is 5.56 Å². The summed E-state index contributed by atoms with van der Waals surface area (Å²) in [6.45, 7) is 0. The number of carbonyl (C=O) groups is 1. The molecule has 1 N–H and O–H groups in total. The van der Waals surface area contributed by atoms with Crippen LogP contribution in [0, 0.1) is 17.1 Å². The van der Waals surface area contributed by atoms with E-state index in [4.69, 9.17) is 26.3 Å². The lowest BCUT2D eigenvalue weighted by molar-refractivity contribution is -0.116. The summed E-state index contributed by atoms with van der Waals surface area (Å²) in [5, 5.41) is 11.2. The summed E-state index contributed by atoms with van der Waals surface area (Å²) in [5.74, 6) is -1.24. The van der Waals surface area contributed by atoms with Gasteiger partial charge < -0.3 is 14.8 Å². The third kappa shape index (κ3) is 4.43. The topological polar surface area (TPSA) is 97.1 Å². The number of nitrogens with one attached hydrogen (secondary N) is 1. The first-order chi connectivity index (χ1) is 12.0. The number of hydrogen-bond acceptors (Lipinski definition) is 6. The van der Waals surface area contributed by atoms with E-state index < -0.39 is 11.7 Å². The summed E-state index contributed by atoms with van der Waals surface area (Å²) in [6.07, 6.45) is 2.27. The highest BCUT2D eigenvalue weighted by atomic mass is 35.5. The highest BCUT2D eigenvalue weighted by molar-refractivity contribution is 6.28. The van der Waals surface area contributed by atoms with E-state index in [1.165, 1.54) is 32.4 Å². The average Bonchev–Trinajstić information content (AvgIpc) is 2.62. The summed E-state index contributed by atoms with van der Waals surface area (Å²) in [7, 11) is 2.81. The highest BCUT2D eigenvalue weighted by Crippen LogP contribution is 2.33. The Hall–Kier alpha value is -3.18. The third-order valence-electron chi connectivity index (χ3n) is 2.98. The van der Waals surface area contributed by atoms with E-state index in [1.807, 2.05) is 0 Å². The molecule has 128 valence electrons. The molecule has 0 fully saturated rings. The van der Waals surface area contributed by atoms with Crippen molar-refractivity contribution in [3.8, 4) is 23.4 Å². The van der Waals surface area contributed by atoms with Gasteiger partial charge in [-0.3, -0.25) is 4.79 Å². The number of benzene rings is 1. The number of methoxy groups -OCH3 is 1. The SMILES string of the molecule is CNC(=O)/C(C#N)=C\c1ccc(Oc2nc(Cl)ncc2F)c(OC)c1. The van der Waals surface area contributed by atoms with E-state index in [-0.39, 0.29) is 28.2 Å². The Morgan fingerprint density at radius 1 is 1.44 bits per heavy atom. The maximum atomic E-state index is 13.7. The summed E-state index contributed by atoms with van der Waals surface area (Å²) >= 11 is 5.62. The molecule has 1 aromatic heterocycles. The van der Waals surface area contributed by atoms with Crippen LogP contribution in [0.4, 0.5) is 4.39 Å². The monoisotopic (exact) mass is 362 g/mol. The Bertz CT molecular complexity index is 880. The molecule has 0 bridgehead atoms. The van der Waals surface area contributed by atoms with Gasteiger partial charge in [-0.15, -0.1) is 0 Å². The summed E-state index contributed by atoms with van der Waals surface area (Å²) in [4.78, 5) is 18.7. The number of amides is 1. The van der Waals surface area contributed by atoms with Crippen LogP contribution in [0.2, 0.25) is 5.28 Å². The van der Waals surface area contributed by atoms with Gasteiger partial charge in [0.1, 0.15) is 11.6 Å². The van der Waals surface area contributed by atoms with Crippen LogP contribution < -0.4 is 14.8 Å². The number of nitrogens with zero attached hydrogens (tertiary/aromatic N) is 3. The molecule has 0 saturated carbocycles. The molecule has 0 saturated heterocycles. The first-order valence-corrected chi connectivity index (χ1v) is 7.24. The fourth-order valence-electron chi connectivity index (χ4n) is 1.82. The predicted molar refractivity (Wildman–Crippen MR) is 87.7 cm³/mol.